The van der Waals surface area contributed by atoms with E-state index in [1.54, 1.807) is 49.4 Å². The van der Waals surface area contributed by atoms with Gasteiger partial charge in [-0.3, -0.25) is 9.59 Å². The second-order valence-electron chi connectivity index (χ2n) is 5.06. The van der Waals surface area contributed by atoms with Crippen molar-refractivity contribution in [2.45, 2.75) is 13.8 Å². The highest BCUT2D eigenvalue weighted by Gasteiger charge is 2.16. The van der Waals surface area contributed by atoms with Gasteiger partial charge < -0.3 is 9.73 Å². The molecule has 0 fully saturated rings. The van der Waals surface area contributed by atoms with Gasteiger partial charge in [0.15, 0.2) is 11.5 Å². The number of oxazole rings is 1. The molecule has 5 nitrogen and oxygen atoms in total. The van der Waals surface area contributed by atoms with Crippen molar-refractivity contribution >= 4 is 28.5 Å². The van der Waals surface area contributed by atoms with E-state index in [9.17, 15) is 9.59 Å². The predicted octanol–water partition coefficient (Wildman–Crippen LogP) is 3.27. The first-order valence-electron chi connectivity index (χ1n) is 6.82. The van der Waals surface area contributed by atoms with Gasteiger partial charge in [0.2, 0.25) is 0 Å². The molecular formula is C17H14N2O3. The topological polar surface area (TPSA) is 72.2 Å². The summed E-state index contributed by atoms with van der Waals surface area (Å²) >= 11 is 0. The molecule has 1 N–H and O–H groups in total. The maximum absolute atomic E-state index is 12.1. The molecule has 0 radical (unpaired) electrons. The number of rotatable bonds is 3. The van der Waals surface area contributed by atoms with E-state index in [-0.39, 0.29) is 0 Å². The molecule has 0 aliphatic rings. The van der Waals surface area contributed by atoms with Crippen molar-refractivity contribution in [3.05, 3.63) is 59.5 Å². The number of hydrogen-bond acceptors (Lipinski definition) is 4. The Balaban J connectivity index is 1.79. The van der Waals surface area contributed by atoms with Crippen LogP contribution in [0, 0.1) is 13.8 Å². The third-order valence-corrected chi connectivity index (χ3v) is 3.27. The quantitative estimate of drug-likeness (QED) is 0.594. The molecule has 3 rings (SSSR count). The standard InChI is InChI=1S/C17H14N2O3/c1-10-3-5-12(6-4-10)16(20)17(21)19-13-7-8-15-14(9-13)18-11(2)22-15/h3-9H,1-2H3,(H,19,21). The molecule has 0 aliphatic carbocycles. The minimum absolute atomic E-state index is 0.362. The van der Waals surface area contributed by atoms with Gasteiger partial charge in [-0.15, -0.1) is 0 Å². The summed E-state index contributed by atoms with van der Waals surface area (Å²) in [4.78, 5) is 28.3. The van der Waals surface area contributed by atoms with Crippen molar-refractivity contribution in [3.8, 4) is 0 Å². The van der Waals surface area contributed by atoms with E-state index in [0.29, 0.717) is 28.2 Å². The molecule has 0 aliphatic heterocycles. The molecule has 0 saturated carbocycles. The smallest absolute Gasteiger partial charge is 0.296 e. The molecular weight excluding hydrogens is 280 g/mol. The third kappa shape index (κ3) is 2.74. The Bertz CT molecular complexity index is 863. The van der Waals surface area contributed by atoms with Crippen molar-refractivity contribution in [1.82, 2.24) is 4.98 Å². The Hall–Kier alpha value is -2.95. The number of nitrogens with zero attached hydrogens (tertiary/aromatic N) is 1. The highest BCUT2D eigenvalue weighted by molar-refractivity contribution is 6.46. The van der Waals surface area contributed by atoms with E-state index in [0.717, 1.165) is 5.56 Å². The van der Waals surface area contributed by atoms with E-state index in [1.807, 2.05) is 6.92 Å². The summed E-state index contributed by atoms with van der Waals surface area (Å²) in [6, 6.07) is 11.9. The van der Waals surface area contributed by atoms with Crippen molar-refractivity contribution in [3.63, 3.8) is 0 Å². The van der Waals surface area contributed by atoms with Gasteiger partial charge in [0.25, 0.3) is 11.7 Å². The van der Waals surface area contributed by atoms with E-state index in [2.05, 4.69) is 10.3 Å². The number of carbonyl (C=O) groups is 2. The average molecular weight is 294 g/mol. The largest absolute Gasteiger partial charge is 0.441 e. The maximum Gasteiger partial charge on any atom is 0.296 e. The van der Waals surface area contributed by atoms with Gasteiger partial charge in [-0.25, -0.2) is 4.98 Å². The molecule has 0 spiro atoms. The first-order chi connectivity index (χ1) is 10.5. The van der Waals surface area contributed by atoms with Gasteiger partial charge in [-0.2, -0.15) is 0 Å². The van der Waals surface area contributed by atoms with Gasteiger partial charge >= 0.3 is 0 Å². The molecule has 1 heterocycles. The summed E-state index contributed by atoms with van der Waals surface area (Å²) in [5.41, 5.74) is 3.18. The lowest BCUT2D eigenvalue weighted by atomic mass is 10.1. The molecule has 22 heavy (non-hydrogen) atoms. The van der Waals surface area contributed by atoms with Gasteiger partial charge in [0, 0.05) is 18.2 Å². The molecule has 1 aromatic heterocycles. The minimum atomic E-state index is -0.677. The van der Waals surface area contributed by atoms with Crippen LogP contribution in [0.25, 0.3) is 11.1 Å². The molecule has 0 saturated heterocycles. The zero-order valence-electron chi connectivity index (χ0n) is 12.2. The number of hydrogen-bond donors (Lipinski definition) is 1. The zero-order chi connectivity index (χ0) is 15.7. The number of Topliss-reactive ketones (excluding diaryl/α,β-unsaturated/α-hetero) is 1. The number of anilines is 1. The number of benzene rings is 2. The maximum atomic E-state index is 12.1. The number of aromatic nitrogens is 1. The summed E-state index contributed by atoms with van der Waals surface area (Å²) in [6.07, 6.45) is 0. The van der Waals surface area contributed by atoms with Crippen LogP contribution in [0.3, 0.4) is 0 Å². The lowest BCUT2D eigenvalue weighted by Gasteiger charge is -2.04. The molecule has 1 amide bonds. The van der Waals surface area contributed by atoms with Gasteiger partial charge in [0.1, 0.15) is 5.52 Å². The summed E-state index contributed by atoms with van der Waals surface area (Å²) in [6.45, 7) is 3.67. The highest BCUT2D eigenvalue weighted by atomic mass is 16.3. The van der Waals surface area contributed by atoms with E-state index in [4.69, 9.17) is 4.42 Å². The molecule has 0 bridgehead atoms. The second-order valence-corrected chi connectivity index (χ2v) is 5.06. The fourth-order valence-corrected chi connectivity index (χ4v) is 2.14. The van der Waals surface area contributed by atoms with Gasteiger partial charge in [-0.1, -0.05) is 29.8 Å². The van der Waals surface area contributed by atoms with Crippen LogP contribution in [0.15, 0.2) is 46.9 Å². The van der Waals surface area contributed by atoms with Gasteiger partial charge in [-0.05, 0) is 25.1 Å². The van der Waals surface area contributed by atoms with Crippen LogP contribution in [0.5, 0.6) is 0 Å². The van der Waals surface area contributed by atoms with E-state index in [1.165, 1.54) is 0 Å². The van der Waals surface area contributed by atoms with Gasteiger partial charge in [0.05, 0.1) is 0 Å². The first kappa shape index (κ1) is 14.0. The van der Waals surface area contributed by atoms with Crippen LogP contribution in [0.4, 0.5) is 5.69 Å². The lowest BCUT2D eigenvalue weighted by Crippen LogP contribution is -2.22. The van der Waals surface area contributed by atoms with Crippen LogP contribution in [0.1, 0.15) is 21.8 Å². The summed E-state index contributed by atoms with van der Waals surface area (Å²) in [7, 11) is 0. The van der Waals surface area contributed by atoms with Crippen LogP contribution in [-0.4, -0.2) is 16.7 Å². The summed E-state index contributed by atoms with van der Waals surface area (Å²) in [5, 5.41) is 2.59. The summed E-state index contributed by atoms with van der Waals surface area (Å²) < 4.78 is 5.37. The SMILES string of the molecule is Cc1ccc(C(=O)C(=O)Nc2ccc3oc(C)nc3c2)cc1. The van der Waals surface area contributed by atoms with Crippen molar-refractivity contribution in [2.75, 3.05) is 5.32 Å². The number of fused-ring (bicyclic) bond motifs is 1. The van der Waals surface area contributed by atoms with Crippen molar-refractivity contribution < 1.29 is 14.0 Å². The molecule has 110 valence electrons. The van der Waals surface area contributed by atoms with Crippen molar-refractivity contribution in [1.29, 1.82) is 0 Å². The first-order valence-corrected chi connectivity index (χ1v) is 6.82. The molecule has 5 heteroatoms. The Morgan fingerprint density at radius 3 is 2.50 bits per heavy atom. The number of carbonyl (C=O) groups excluding carboxylic acids is 2. The lowest BCUT2D eigenvalue weighted by molar-refractivity contribution is -0.112. The Morgan fingerprint density at radius 2 is 1.77 bits per heavy atom. The van der Waals surface area contributed by atoms with Crippen molar-refractivity contribution in [2.24, 2.45) is 0 Å². The Morgan fingerprint density at radius 1 is 1.05 bits per heavy atom. The normalized spacial score (nSPS) is 10.6. The number of aryl methyl sites for hydroxylation is 2. The monoisotopic (exact) mass is 294 g/mol. The predicted molar refractivity (Wildman–Crippen MR) is 82.9 cm³/mol. The summed E-state index contributed by atoms with van der Waals surface area (Å²) in [5.74, 6) is -0.700. The third-order valence-electron chi connectivity index (χ3n) is 3.27. The molecule has 0 unspecified atom stereocenters. The Labute approximate surface area is 127 Å². The minimum Gasteiger partial charge on any atom is -0.441 e. The molecule has 3 aromatic rings. The Kier molecular flexibility index (Phi) is 3.47. The van der Waals surface area contributed by atoms with Crippen LogP contribution in [-0.2, 0) is 4.79 Å². The fraction of sp³-hybridized carbons (Fsp3) is 0.118. The van der Waals surface area contributed by atoms with Crippen LogP contribution in [0.2, 0.25) is 0 Å². The highest BCUT2D eigenvalue weighted by Crippen LogP contribution is 2.19. The van der Waals surface area contributed by atoms with E-state index < -0.39 is 11.7 Å². The number of nitrogens with one attached hydrogen (secondary N) is 1. The fourth-order valence-electron chi connectivity index (χ4n) is 2.14. The van der Waals surface area contributed by atoms with Crippen LogP contribution < -0.4 is 5.32 Å². The molecule has 0 atom stereocenters. The average Bonchev–Trinajstić information content (AvgIpc) is 2.86. The molecule has 2 aromatic carbocycles. The number of ketones is 1. The van der Waals surface area contributed by atoms with Crippen LogP contribution >= 0.6 is 0 Å². The number of amides is 1. The van der Waals surface area contributed by atoms with E-state index >= 15 is 0 Å². The second kappa shape index (κ2) is 5.44. The zero-order valence-corrected chi connectivity index (χ0v) is 12.2.